The Balaban J connectivity index is 2.17. The molecule has 5 N–H and O–H groups in total. The number of anilines is 1. The molecule has 2 aromatic rings. The van der Waals surface area contributed by atoms with Gasteiger partial charge in [0.1, 0.15) is 10.7 Å². The van der Waals surface area contributed by atoms with Crippen molar-refractivity contribution in [3.05, 3.63) is 45.4 Å². The zero-order valence-electron chi connectivity index (χ0n) is 11.7. The summed E-state index contributed by atoms with van der Waals surface area (Å²) in [5.74, 6) is -0.815. The van der Waals surface area contributed by atoms with Gasteiger partial charge in [0.15, 0.2) is 0 Å². The van der Waals surface area contributed by atoms with Gasteiger partial charge >= 0.3 is 0 Å². The lowest BCUT2D eigenvalue weighted by Crippen LogP contribution is -2.15. The minimum atomic E-state index is -0.503. The molecule has 1 aromatic carbocycles. The van der Waals surface area contributed by atoms with Crippen molar-refractivity contribution in [2.45, 2.75) is 19.9 Å². The molecule has 0 saturated carbocycles. The molecule has 0 aliphatic heterocycles. The molecule has 0 radical (unpaired) electrons. The van der Waals surface area contributed by atoms with Crippen LogP contribution in [0.3, 0.4) is 0 Å². The fourth-order valence-electron chi connectivity index (χ4n) is 1.74. The second kappa shape index (κ2) is 6.02. The number of primary amides is 1. The van der Waals surface area contributed by atoms with Crippen molar-refractivity contribution in [3.63, 3.8) is 0 Å². The van der Waals surface area contributed by atoms with Crippen LogP contribution >= 0.6 is 11.3 Å². The third kappa shape index (κ3) is 3.45. The van der Waals surface area contributed by atoms with Gasteiger partial charge in [-0.25, -0.2) is 4.98 Å². The number of benzene rings is 1. The summed E-state index contributed by atoms with van der Waals surface area (Å²) in [6.45, 7) is 3.60. The number of aromatic nitrogens is 1. The monoisotopic (exact) mass is 304 g/mol. The maximum Gasteiger partial charge on any atom is 0.275 e. The average Bonchev–Trinajstić information content (AvgIpc) is 2.90. The Morgan fingerprint density at radius 3 is 2.62 bits per heavy atom. The second-order valence-electron chi connectivity index (χ2n) is 4.71. The van der Waals surface area contributed by atoms with E-state index in [1.807, 2.05) is 6.92 Å². The van der Waals surface area contributed by atoms with Gasteiger partial charge in [-0.2, -0.15) is 0 Å². The lowest BCUT2D eigenvalue weighted by Gasteiger charge is -2.08. The fraction of sp³-hybridized carbons (Fsp3) is 0.214. The van der Waals surface area contributed by atoms with Crippen LogP contribution in [0.2, 0.25) is 0 Å². The van der Waals surface area contributed by atoms with Crippen LogP contribution < -0.4 is 16.8 Å². The molecule has 0 saturated heterocycles. The third-order valence-electron chi connectivity index (χ3n) is 2.90. The van der Waals surface area contributed by atoms with Crippen molar-refractivity contribution in [1.82, 2.24) is 4.98 Å². The molecule has 2 rings (SSSR count). The number of hydrogen-bond donors (Lipinski definition) is 3. The van der Waals surface area contributed by atoms with Gasteiger partial charge in [0.2, 0.25) is 5.91 Å². The van der Waals surface area contributed by atoms with Crippen LogP contribution in [0.25, 0.3) is 0 Å². The van der Waals surface area contributed by atoms with Gasteiger partial charge in [-0.05, 0) is 37.6 Å². The van der Waals surface area contributed by atoms with E-state index >= 15 is 0 Å². The van der Waals surface area contributed by atoms with E-state index in [1.165, 1.54) is 11.3 Å². The van der Waals surface area contributed by atoms with Crippen molar-refractivity contribution in [3.8, 4) is 0 Å². The highest BCUT2D eigenvalue weighted by molar-refractivity contribution is 7.09. The van der Waals surface area contributed by atoms with Crippen LogP contribution in [0.5, 0.6) is 0 Å². The molecule has 0 aliphatic rings. The lowest BCUT2D eigenvalue weighted by atomic mass is 10.1. The molecule has 2 amide bonds. The van der Waals surface area contributed by atoms with Crippen molar-refractivity contribution >= 4 is 28.8 Å². The number of hydrogen-bond acceptors (Lipinski definition) is 5. The predicted molar refractivity (Wildman–Crippen MR) is 82.4 cm³/mol. The normalized spacial score (nSPS) is 12.0. The molecular weight excluding hydrogens is 288 g/mol. The van der Waals surface area contributed by atoms with E-state index in [2.05, 4.69) is 10.3 Å². The Morgan fingerprint density at radius 2 is 2.10 bits per heavy atom. The second-order valence-corrected chi connectivity index (χ2v) is 5.60. The maximum absolute atomic E-state index is 12.1. The first kappa shape index (κ1) is 15.1. The highest BCUT2D eigenvalue weighted by Crippen LogP contribution is 2.19. The van der Waals surface area contributed by atoms with Gasteiger partial charge < -0.3 is 16.8 Å². The Bertz CT molecular complexity index is 694. The molecule has 1 aromatic heterocycles. The van der Waals surface area contributed by atoms with E-state index in [9.17, 15) is 9.59 Å². The summed E-state index contributed by atoms with van der Waals surface area (Å²) >= 11 is 1.35. The molecule has 7 heteroatoms. The highest BCUT2D eigenvalue weighted by Gasteiger charge is 2.14. The molecule has 1 heterocycles. The van der Waals surface area contributed by atoms with E-state index < -0.39 is 5.91 Å². The average molecular weight is 304 g/mol. The molecule has 0 spiro atoms. The van der Waals surface area contributed by atoms with Crippen molar-refractivity contribution in [2.24, 2.45) is 11.5 Å². The summed E-state index contributed by atoms with van der Waals surface area (Å²) in [5, 5.41) is 5.13. The molecule has 0 fully saturated rings. The summed E-state index contributed by atoms with van der Waals surface area (Å²) in [6.07, 6.45) is 0. The number of carbonyl (C=O) groups excluding carboxylic acids is 2. The minimum absolute atomic E-state index is 0.201. The molecule has 1 atom stereocenters. The van der Waals surface area contributed by atoms with Gasteiger partial charge in [-0.3, -0.25) is 9.59 Å². The van der Waals surface area contributed by atoms with Gasteiger partial charge in [0, 0.05) is 16.6 Å². The number of amides is 2. The SMILES string of the molecule is Cc1cc(C(N)=O)ccc1NC(=O)c1csc(C(C)N)n1. The molecule has 110 valence electrons. The summed E-state index contributed by atoms with van der Waals surface area (Å²) in [7, 11) is 0. The number of aryl methyl sites for hydroxylation is 1. The lowest BCUT2D eigenvalue weighted by molar-refractivity contribution is 0.0998. The standard InChI is InChI=1S/C14H16N4O2S/c1-7-5-9(12(16)19)3-4-10(7)17-13(20)11-6-21-14(18-11)8(2)15/h3-6,8H,15H2,1-2H3,(H2,16,19)(H,17,20). The van der Waals surface area contributed by atoms with Crippen LogP contribution in [-0.4, -0.2) is 16.8 Å². The Morgan fingerprint density at radius 1 is 1.38 bits per heavy atom. The first-order valence-corrected chi connectivity index (χ1v) is 7.19. The van der Waals surface area contributed by atoms with Gasteiger partial charge in [-0.15, -0.1) is 11.3 Å². The molecule has 1 unspecified atom stereocenters. The van der Waals surface area contributed by atoms with Crippen LogP contribution in [0, 0.1) is 6.92 Å². The van der Waals surface area contributed by atoms with E-state index in [-0.39, 0.29) is 11.9 Å². The predicted octanol–water partition coefficient (Wildman–Crippen LogP) is 1.82. The Kier molecular flexibility index (Phi) is 4.35. The topological polar surface area (TPSA) is 111 Å². The minimum Gasteiger partial charge on any atom is -0.366 e. The van der Waals surface area contributed by atoms with Gasteiger partial charge in [0.05, 0.1) is 6.04 Å². The molecular formula is C14H16N4O2S. The number of carbonyl (C=O) groups is 2. The van der Waals surface area contributed by atoms with E-state index in [0.29, 0.717) is 22.0 Å². The van der Waals surface area contributed by atoms with Crippen LogP contribution in [-0.2, 0) is 0 Å². The van der Waals surface area contributed by atoms with Crippen LogP contribution in [0.15, 0.2) is 23.6 Å². The fourth-order valence-corrected chi connectivity index (χ4v) is 2.50. The van der Waals surface area contributed by atoms with E-state index in [4.69, 9.17) is 11.5 Å². The largest absolute Gasteiger partial charge is 0.366 e. The van der Waals surface area contributed by atoms with Crippen molar-refractivity contribution in [2.75, 3.05) is 5.32 Å². The highest BCUT2D eigenvalue weighted by atomic mass is 32.1. The molecule has 0 bridgehead atoms. The first-order valence-electron chi connectivity index (χ1n) is 6.31. The zero-order chi connectivity index (χ0) is 15.6. The van der Waals surface area contributed by atoms with Crippen LogP contribution in [0.4, 0.5) is 5.69 Å². The molecule has 6 nitrogen and oxygen atoms in total. The first-order chi connectivity index (χ1) is 9.88. The smallest absolute Gasteiger partial charge is 0.275 e. The number of rotatable bonds is 4. The van der Waals surface area contributed by atoms with E-state index in [0.717, 1.165) is 5.56 Å². The summed E-state index contributed by atoms with van der Waals surface area (Å²) in [4.78, 5) is 27.4. The van der Waals surface area contributed by atoms with Crippen LogP contribution in [0.1, 0.15) is 44.4 Å². The summed E-state index contributed by atoms with van der Waals surface area (Å²) in [5.41, 5.74) is 13.0. The van der Waals surface area contributed by atoms with Crippen molar-refractivity contribution < 1.29 is 9.59 Å². The molecule has 21 heavy (non-hydrogen) atoms. The third-order valence-corrected chi connectivity index (χ3v) is 3.95. The number of nitrogens with two attached hydrogens (primary N) is 2. The van der Waals surface area contributed by atoms with Crippen molar-refractivity contribution in [1.29, 1.82) is 0 Å². The molecule has 0 aliphatic carbocycles. The number of nitrogens with zero attached hydrogens (tertiary/aromatic N) is 1. The van der Waals surface area contributed by atoms with E-state index in [1.54, 1.807) is 30.5 Å². The zero-order valence-corrected chi connectivity index (χ0v) is 12.5. The Hall–Kier alpha value is -2.25. The van der Waals surface area contributed by atoms with Gasteiger partial charge in [0.25, 0.3) is 5.91 Å². The summed E-state index contributed by atoms with van der Waals surface area (Å²) < 4.78 is 0. The Labute approximate surface area is 126 Å². The van der Waals surface area contributed by atoms with Gasteiger partial charge in [-0.1, -0.05) is 0 Å². The maximum atomic E-state index is 12.1. The quantitative estimate of drug-likeness (QED) is 0.800. The number of nitrogens with one attached hydrogen (secondary N) is 1. The summed E-state index contributed by atoms with van der Waals surface area (Å²) in [6, 6.07) is 4.64. The number of thiazole rings is 1.